The van der Waals surface area contributed by atoms with Crippen LogP contribution < -0.4 is 15.2 Å². The van der Waals surface area contributed by atoms with Crippen LogP contribution in [0.4, 0.5) is 8.78 Å². The van der Waals surface area contributed by atoms with Gasteiger partial charge in [-0.15, -0.1) is 0 Å². The zero-order valence-corrected chi connectivity index (χ0v) is 8.37. The molecule has 0 atom stereocenters. The Balaban J connectivity index is 2.86. The third-order valence-electron chi connectivity index (χ3n) is 1.90. The minimum atomic E-state index is -2.82. The van der Waals surface area contributed by atoms with E-state index >= 15 is 0 Å². The molecule has 2 N–H and O–H groups in total. The molecule has 1 aromatic rings. The summed E-state index contributed by atoms with van der Waals surface area (Å²) in [6, 6.07) is 4.57. The van der Waals surface area contributed by atoms with E-state index in [1.165, 1.54) is 19.2 Å². The highest BCUT2D eigenvalue weighted by atomic mass is 19.3. The molecule has 0 aliphatic carbocycles. The summed E-state index contributed by atoms with van der Waals surface area (Å²) in [5, 5.41) is 0. The average molecular weight is 217 g/mol. The fourth-order valence-electron chi connectivity index (χ4n) is 1.26. The molecule has 5 heteroatoms. The Morgan fingerprint density at radius 1 is 1.40 bits per heavy atom. The van der Waals surface area contributed by atoms with Gasteiger partial charge in [0, 0.05) is 6.07 Å². The van der Waals surface area contributed by atoms with Gasteiger partial charge in [-0.05, 0) is 24.6 Å². The van der Waals surface area contributed by atoms with Crippen molar-refractivity contribution in [3.05, 3.63) is 23.8 Å². The Kier molecular flexibility index (Phi) is 4.30. The molecule has 0 amide bonds. The van der Waals surface area contributed by atoms with Gasteiger partial charge >= 0.3 is 6.61 Å². The Morgan fingerprint density at radius 2 is 2.13 bits per heavy atom. The van der Waals surface area contributed by atoms with Crippen molar-refractivity contribution < 1.29 is 18.3 Å². The van der Waals surface area contributed by atoms with Crippen molar-refractivity contribution in [3.63, 3.8) is 0 Å². The molecule has 0 spiro atoms. The molecule has 0 aromatic heterocycles. The van der Waals surface area contributed by atoms with Crippen LogP contribution in [0.5, 0.6) is 11.5 Å². The van der Waals surface area contributed by atoms with Gasteiger partial charge in [0.25, 0.3) is 0 Å². The summed E-state index contributed by atoms with van der Waals surface area (Å²) in [4.78, 5) is 0. The van der Waals surface area contributed by atoms with Gasteiger partial charge in [-0.25, -0.2) is 0 Å². The molecule has 0 saturated carbocycles. The largest absolute Gasteiger partial charge is 0.496 e. The Morgan fingerprint density at radius 3 is 2.67 bits per heavy atom. The van der Waals surface area contributed by atoms with Gasteiger partial charge in [0.05, 0.1) is 7.11 Å². The molecular formula is C10H13F2NO2. The van der Waals surface area contributed by atoms with Gasteiger partial charge in [-0.3, -0.25) is 0 Å². The molecule has 1 aromatic carbocycles. The highest BCUT2D eigenvalue weighted by Gasteiger charge is 2.08. The second kappa shape index (κ2) is 5.50. The SMILES string of the molecule is COc1cc(OC(F)F)ccc1CCN. The Hall–Kier alpha value is -1.36. The van der Waals surface area contributed by atoms with Crippen LogP contribution in [0.2, 0.25) is 0 Å². The van der Waals surface area contributed by atoms with Crippen molar-refractivity contribution in [1.29, 1.82) is 0 Å². The molecule has 15 heavy (non-hydrogen) atoms. The fraction of sp³-hybridized carbons (Fsp3) is 0.400. The minimum Gasteiger partial charge on any atom is -0.496 e. The van der Waals surface area contributed by atoms with Crippen LogP contribution in [0.1, 0.15) is 5.56 Å². The van der Waals surface area contributed by atoms with E-state index < -0.39 is 6.61 Å². The highest BCUT2D eigenvalue weighted by Crippen LogP contribution is 2.25. The summed E-state index contributed by atoms with van der Waals surface area (Å²) < 4.78 is 33.1. The summed E-state index contributed by atoms with van der Waals surface area (Å²) in [7, 11) is 1.47. The lowest BCUT2D eigenvalue weighted by Gasteiger charge is -2.10. The Bertz CT molecular complexity index is 318. The van der Waals surface area contributed by atoms with Crippen molar-refractivity contribution in [3.8, 4) is 11.5 Å². The number of methoxy groups -OCH3 is 1. The predicted octanol–water partition coefficient (Wildman–Crippen LogP) is 1.80. The van der Waals surface area contributed by atoms with Crippen LogP contribution in [0, 0.1) is 0 Å². The van der Waals surface area contributed by atoms with E-state index in [-0.39, 0.29) is 5.75 Å². The molecule has 0 aliphatic heterocycles. The number of ether oxygens (including phenoxy) is 2. The maximum absolute atomic E-state index is 11.9. The lowest BCUT2D eigenvalue weighted by molar-refractivity contribution is -0.0499. The van der Waals surface area contributed by atoms with Crippen molar-refractivity contribution in [2.24, 2.45) is 5.73 Å². The van der Waals surface area contributed by atoms with Crippen molar-refractivity contribution >= 4 is 0 Å². The standard InChI is InChI=1S/C10H13F2NO2/c1-14-9-6-8(15-10(11)12)3-2-7(9)4-5-13/h2-3,6,10H,4-5,13H2,1H3. The molecule has 0 heterocycles. The van der Waals surface area contributed by atoms with Crippen LogP contribution in [-0.4, -0.2) is 20.3 Å². The number of hydrogen-bond acceptors (Lipinski definition) is 3. The monoisotopic (exact) mass is 217 g/mol. The third-order valence-corrected chi connectivity index (χ3v) is 1.90. The summed E-state index contributed by atoms with van der Waals surface area (Å²) in [5.74, 6) is 0.598. The zero-order valence-electron chi connectivity index (χ0n) is 8.37. The van der Waals surface area contributed by atoms with Gasteiger partial charge in [-0.2, -0.15) is 8.78 Å². The maximum atomic E-state index is 11.9. The van der Waals surface area contributed by atoms with E-state index in [0.717, 1.165) is 5.56 Å². The van der Waals surface area contributed by atoms with E-state index in [2.05, 4.69) is 4.74 Å². The smallest absolute Gasteiger partial charge is 0.387 e. The van der Waals surface area contributed by atoms with Crippen molar-refractivity contribution in [2.75, 3.05) is 13.7 Å². The normalized spacial score (nSPS) is 10.5. The quantitative estimate of drug-likeness (QED) is 0.817. The molecule has 0 aliphatic rings. The number of rotatable bonds is 5. The molecule has 0 fully saturated rings. The molecule has 0 saturated heterocycles. The highest BCUT2D eigenvalue weighted by molar-refractivity contribution is 5.40. The molecule has 0 radical (unpaired) electrons. The molecule has 0 unspecified atom stereocenters. The van der Waals surface area contributed by atoms with Gasteiger partial charge in [0.2, 0.25) is 0 Å². The lowest BCUT2D eigenvalue weighted by Crippen LogP contribution is -2.06. The second-order valence-corrected chi connectivity index (χ2v) is 2.89. The number of nitrogens with two attached hydrogens (primary N) is 1. The van der Waals surface area contributed by atoms with Crippen molar-refractivity contribution in [1.82, 2.24) is 0 Å². The summed E-state index contributed by atoms with van der Waals surface area (Å²) in [6.07, 6.45) is 0.637. The van der Waals surface area contributed by atoms with Crippen LogP contribution in [0.3, 0.4) is 0 Å². The predicted molar refractivity (Wildman–Crippen MR) is 52.4 cm³/mol. The number of benzene rings is 1. The van der Waals surface area contributed by atoms with Crippen LogP contribution >= 0.6 is 0 Å². The van der Waals surface area contributed by atoms with Crippen molar-refractivity contribution in [2.45, 2.75) is 13.0 Å². The first-order valence-electron chi connectivity index (χ1n) is 4.49. The topological polar surface area (TPSA) is 44.5 Å². The third kappa shape index (κ3) is 3.36. The number of halogens is 2. The van der Waals surface area contributed by atoms with Crippen LogP contribution in [-0.2, 0) is 6.42 Å². The van der Waals surface area contributed by atoms with E-state index in [0.29, 0.717) is 18.7 Å². The molecule has 3 nitrogen and oxygen atoms in total. The number of hydrogen-bond donors (Lipinski definition) is 1. The van der Waals surface area contributed by atoms with Gasteiger partial charge in [0.1, 0.15) is 11.5 Å². The maximum Gasteiger partial charge on any atom is 0.387 e. The van der Waals surface area contributed by atoms with Gasteiger partial charge < -0.3 is 15.2 Å². The van der Waals surface area contributed by atoms with Gasteiger partial charge in [-0.1, -0.05) is 6.07 Å². The van der Waals surface area contributed by atoms with Gasteiger partial charge in [0.15, 0.2) is 0 Å². The lowest BCUT2D eigenvalue weighted by atomic mass is 10.1. The van der Waals surface area contributed by atoms with E-state index in [9.17, 15) is 8.78 Å². The average Bonchev–Trinajstić information content (AvgIpc) is 2.20. The van der Waals surface area contributed by atoms with E-state index in [1.807, 2.05) is 0 Å². The molecule has 1 rings (SSSR count). The first-order chi connectivity index (χ1) is 7.17. The number of alkyl halides is 2. The van der Waals surface area contributed by atoms with Crippen LogP contribution in [0.25, 0.3) is 0 Å². The fourth-order valence-corrected chi connectivity index (χ4v) is 1.26. The molecular weight excluding hydrogens is 204 g/mol. The molecule has 84 valence electrons. The first kappa shape index (κ1) is 11.7. The summed E-state index contributed by atoms with van der Waals surface area (Å²) in [5.41, 5.74) is 6.27. The van der Waals surface area contributed by atoms with E-state index in [1.54, 1.807) is 6.07 Å². The summed E-state index contributed by atoms with van der Waals surface area (Å²) in [6.45, 7) is -2.35. The molecule has 0 bridgehead atoms. The summed E-state index contributed by atoms with van der Waals surface area (Å²) >= 11 is 0. The minimum absolute atomic E-state index is 0.0858. The second-order valence-electron chi connectivity index (χ2n) is 2.89. The Labute approximate surface area is 86.8 Å². The first-order valence-corrected chi connectivity index (χ1v) is 4.49. The van der Waals surface area contributed by atoms with Crippen LogP contribution in [0.15, 0.2) is 18.2 Å². The van der Waals surface area contributed by atoms with E-state index in [4.69, 9.17) is 10.5 Å². The zero-order chi connectivity index (χ0) is 11.3.